The first-order valence-corrected chi connectivity index (χ1v) is 11.3. The number of hydrogen-bond acceptors (Lipinski definition) is 10. The monoisotopic (exact) mass is 549 g/mol. The van der Waals surface area contributed by atoms with E-state index < -0.39 is 29.4 Å². The van der Waals surface area contributed by atoms with Crippen molar-refractivity contribution in [2.75, 3.05) is 31.7 Å². The molecule has 0 aliphatic rings. The highest BCUT2D eigenvalue weighted by molar-refractivity contribution is 9.10. The van der Waals surface area contributed by atoms with Crippen molar-refractivity contribution in [3.8, 4) is 0 Å². The molecule has 1 amide bonds. The van der Waals surface area contributed by atoms with Crippen LogP contribution in [-0.2, 0) is 33.4 Å². The zero-order valence-corrected chi connectivity index (χ0v) is 20.9. The minimum atomic E-state index is -1.50. The molecule has 12 nitrogen and oxygen atoms in total. The van der Waals surface area contributed by atoms with Gasteiger partial charge in [0.05, 0.1) is 23.8 Å². The summed E-state index contributed by atoms with van der Waals surface area (Å²) in [5.74, 6) is -2.08. The number of rotatable bonds is 10. The average molecular weight is 550 g/mol. The molecule has 0 aliphatic heterocycles. The highest BCUT2D eigenvalue weighted by Crippen LogP contribution is 2.25. The maximum absolute atomic E-state index is 12.9. The van der Waals surface area contributed by atoms with Crippen LogP contribution in [0.1, 0.15) is 20.8 Å². The number of hydrogen-bond donors (Lipinski definition) is 2. The molecule has 0 spiro atoms. The molecule has 0 bridgehead atoms. The fraction of sp³-hybridized carbons (Fsp3) is 0.364. The van der Waals surface area contributed by atoms with E-state index in [4.69, 9.17) is 14.2 Å². The van der Waals surface area contributed by atoms with Crippen molar-refractivity contribution in [3.05, 3.63) is 35.1 Å². The maximum Gasteiger partial charge on any atom is 0.302 e. The molecule has 13 heteroatoms. The number of esters is 3. The van der Waals surface area contributed by atoms with Crippen molar-refractivity contribution < 1.29 is 33.4 Å². The van der Waals surface area contributed by atoms with Crippen LogP contribution in [0, 0.1) is 0 Å². The summed E-state index contributed by atoms with van der Waals surface area (Å²) < 4.78 is 17.7. The van der Waals surface area contributed by atoms with Crippen LogP contribution in [0.5, 0.6) is 0 Å². The fourth-order valence-corrected chi connectivity index (χ4v) is 3.68. The van der Waals surface area contributed by atoms with Gasteiger partial charge in [0.15, 0.2) is 11.5 Å². The van der Waals surface area contributed by atoms with Gasteiger partial charge in [-0.15, -0.1) is 0 Å². The molecule has 0 unspecified atom stereocenters. The molecule has 2 N–H and O–H groups in total. The maximum atomic E-state index is 12.9. The molecule has 1 aromatic carbocycles. The van der Waals surface area contributed by atoms with Crippen LogP contribution in [0.4, 0.5) is 5.82 Å². The number of amides is 1. The predicted molar refractivity (Wildman–Crippen MR) is 127 cm³/mol. The molecular weight excluding hydrogens is 526 g/mol. The van der Waals surface area contributed by atoms with Crippen molar-refractivity contribution in [2.24, 2.45) is 0 Å². The van der Waals surface area contributed by atoms with E-state index in [0.29, 0.717) is 21.6 Å². The first kappa shape index (κ1) is 25.9. The molecule has 0 saturated heterocycles. The first-order valence-electron chi connectivity index (χ1n) is 10.5. The van der Waals surface area contributed by atoms with Crippen molar-refractivity contribution in [1.82, 2.24) is 19.7 Å². The Morgan fingerprint density at radius 2 is 1.54 bits per heavy atom. The van der Waals surface area contributed by atoms with Crippen molar-refractivity contribution in [3.63, 3.8) is 0 Å². The number of halogens is 1. The van der Waals surface area contributed by atoms with E-state index in [0.717, 1.165) is 5.52 Å². The van der Waals surface area contributed by atoms with Gasteiger partial charge in [-0.25, -0.2) is 9.97 Å². The molecule has 0 atom stereocenters. The second-order valence-corrected chi connectivity index (χ2v) is 8.52. The van der Waals surface area contributed by atoms with Crippen molar-refractivity contribution >= 4 is 62.2 Å². The Morgan fingerprint density at radius 3 is 2.11 bits per heavy atom. The standard InChI is InChI=1S/C22H24BrN5O7/c1-13(29)33-10-22(11-34-14(2)30,12-35-15(3)31)27-19(32)9-24-20-21-25-8-18(23)28(21)17-7-5-4-6-16(17)26-20/h4-8H,9-12H2,1-3H3,(H,24,26)(H,27,32). The summed E-state index contributed by atoms with van der Waals surface area (Å²) >= 11 is 3.47. The van der Waals surface area contributed by atoms with Gasteiger partial charge >= 0.3 is 17.9 Å². The minimum Gasteiger partial charge on any atom is -0.463 e. The predicted octanol–water partition coefficient (Wildman–Crippen LogP) is 1.60. The summed E-state index contributed by atoms with van der Waals surface area (Å²) in [4.78, 5) is 56.1. The van der Waals surface area contributed by atoms with Gasteiger partial charge < -0.3 is 24.8 Å². The third-order valence-electron chi connectivity index (χ3n) is 4.76. The number of carbonyl (C=O) groups is 4. The summed E-state index contributed by atoms with van der Waals surface area (Å²) in [7, 11) is 0. The molecule has 0 fully saturated rings. The number of nitrogens with zero attached hydrogens (tertiary/aromatic N) is 3. The highest BCUT2D eigenvalue weighted by Gasteiger charge is 2.37. The quantitative estimate of drug-likeness (QED) is 0.282. The third-order valence-corrected chi connectivity index (χ3v) is 5.32. The number of nitrogens with one attached hydrogen (secondary N) is 2. The lowest BCUT2D eigenvalue weighted by Crippen LogP contribution is -2.60. The van der Waals surface area contributed by atoms with E-state index >= 15 is 0 Å². The van der Waals surface area contributed by atoms with Gasteiger partial charge in [0, 0.05) is 20.8 Å². The molecule has 186 valence electrons. The zero-order chi connectivity index (χ0) is 25.6. The van der Waals surface area contributed by atoms with E-state index in [2.05, 4.69) is 36.5 Å². The number of carbonyl (C=O) groups excluding carboxylic acids is 4. The topological polar surface area (TPSA) is 150 Å². The van der Waals surface area contributed by atoms with Gasteiger partial charge in [-0.05, 0) is 28.1 Å². The smallest absolute Gasteiger partial charge is 0.302 e. The van der Waals surface area contributed by atoms with Crippen LogP contribution in [-0.4, -0.2) is 70.1 Å². The number of benzene rings is 1. The fourth-order valence-electron chi connectivity index (χ4n) is 3.22. The number of ether oxygens (including phenoxy) is 3. The summed E-state index contributed by atoms with van der Waals surface area (Å²) in [6, 6.07) is 7.45. The molecule has 2 heterocycles. The average Bonchev–Trinajstić information content (AvgIpc) is 3.20. The highest BCUT2D eigenvalue weighted by atomic mass is 79.9. The molecule has 2 aromatic heterocycles. The second-order valence-electron chi connectivity index (χ2n) is 7.71. The van der Waals surface area contributed by atoms with E-state index in [1.165, 1.54) is 20.8 Å². The number of aromatic nitrogens is 3. The molecular formula is C22H24BrN5O7. The van der Waals surface area contributed by atoms with Crippen LogP contribution in [0.3, 0.4) is 0 Å². The zero-order valence-electron chi connectivity index (χ0n) is 19.3. The van der Waals surface area contributed by atoms with E-state index in [1.807, 2.05) is 28.7 Å². The SMILES string of the molecule is CC(=O)OCC(COC(C)=O)(COC(C)=O)NC(=O)CNc1nc2ccccc2n2c(Br)cnc12. The van der Waals surface area contributed by atoms with Gasteiger partial charge in [-0.2, -0.15) is 0 Å². The van der Waals surface area contributed by atoms with Crippen LogP contribution in [0.2, 0.25) is 0 Å². The largest absolute Gasteiger partial charge is 0.463 e. The Morgan fingerprint density at radius 1 is 0.971 bits per heavy atom. The lowest BCUT2D eigenvalue weighted by atomic mass is 10.0. The molecule has 3 rings (SSSR count). The lowest BCUT2D eigenvalue weighted by molar-refractivity contribution is -0.156. The Hall–Kier alpha value is -3.74. The third kappa shape index (κ3) is 6.66. The van der Waals surface area contributed by atoms with Crippen LogP contribution < -0.4 is 10.6 Å². The Balaban J connectivity index is 1.82. The lowest BCUT2D eigenvalue weighted by Gasteiger charge is -2.32. The molecule has 0 aliphatic carbocycles. The summed E-state index contributed by atoms with van der Waals surface area (Å²) in [5.41, 5.74) is 0.500. The molecule has 0 saturated carbocycles. The summed E-state index contributed by atoms with van der Waals surface area (Å²) in [6.45, 7) is 2.13. The number of imidazole rings is 1. The van der Waals surface area contributed by atoms with Gasteiger partial charge in [0.1, 0.15) is 30.0 Å². The van der Waals surface area contributed by atoms with Crippen LogP contribution in [0.15, 0.2) is 35.1 Å². The number of para-hydroxylation sites is 2. The second kappa shape index (κ2) is 11.1. The Labute approximate surface area is 208 Å². The molecule has 35 heavy (non-hydrogen) atoms. The van der Waals surface area contributed by atoms with Crippen LogP contribution in [0.25, 0.3) is 16.7 Å². The number of fused-ring (bicyclic) bond motifs is 3. The van der Waals surface area contributed by atoms with Gasteiger partial charge in [-0.1, -0.05) is 12.1 Å². The van der Waals surface area contributed by atoms with E-state index in [1.54, 1.807) is 6.20 Å². The van der Waals surface area contributed by atoms with Gasteiger partial charge in [0.2, 0.25) is 5.91 Å². The molecule has 0 radical (unpaired) electrons. The van der Waals surface area contributed by atoms with E-state index in [-0.39, 0.29) is 26.4 Å². The van der Waals surface area contributed by atoms with Crippen LogP contribution >= 0.6 is 15.9 Å². The summed E-state index contributed by atoms with van der Waals surface area (Å²) in [5, 5.41) is 5.62. The van der Waals surface area contributed by atoms with E-state index in [9.17, 15) is 19.2 Å². The normalized spacial score (nSPS) is 11.2. The first-order chi connectivity index (χ1) is 16.6. The Bertz CT molecular complexity index is 1230. The molecule has 3 aromatic rings. The summed E-state index contributed by atoms with van der Waals surface area (Å²) in [6.07, 6.45) is 1.62. The minimum absolute atomic E-state index is 0.257. The van der Waals surface area contributed by atoms with Crippen molar-refractivity contribution in [1.29, 1.82) is 0 Å². The van der Waals surface area contributed by atoms with Gasteiger partial charge in [-0.3, -0.25) is 23.6 Å². The van der Waals surface area contributed by atoms with Crippen molar-refractivity contribution in [2.45, 2.75) is 26.3 Å². The Kier molecular flexibility index (Phi) is 8.22. The van der Waals surface area contributed by atoms with Gasteiger partial charge in [0.25, 0.3) is 0 Å². The number of anilines is 1.